The van der Waals surface area contributed by atoms with Crippen molar-refractivity contribution >= 4 is 5.78 Å². The van der Waals surface area contributed by atoms with Gasteiger partial charge in [-0.2, -0.15) is 0 Å². The van der Waals surface area contributed by atoms with Crippen molar-refractivity contribution in [3.8, 4) is 0 Å². The van der Waals surface area contributed by atoms with Crippen molar-refractivity contribution in [2.24, 2.45) is 0 Å². The molecule has 1 aromatic rings. The van der Waals surface area contributed by atoms with E-state index in [1.54, 1.807) is 0 Å². The van der Waals surface area contributed by atoms with Crippen LogP contribution < -0.4 is 5.32 Å². The smallest absolute Gasteiger partial charge is 0.179 e. The molecule has 1 fully saturated rings. The average Bonchev–Trinajstić information content (AvgIpc) is 2.98. The molecule has 1 saturated heterocycles. The van der Waals surface area contributed by atoms with Crippen LogP contribution in [0.15, 0.2) is 12.1 Å². The number of halogens is 3. The number of hydrogen-bond acceptors (Lipinski definition) is 2. The van der Waals surface area contributed by atoms with Crippen molar-refractivity contribution in [1.29, 1.82) is 0 Å². The molecule has 0 saturated carbocycles. The largest absolute Gasteiger partial charge is 0.307 e. The van der Waals surface area contributed by atoms with E-state index in [1.807, 2.05) is 0 Å². The molecular formula is C14H16F3NO. The molecule has 0 amide bonds. The Bertz CT molecular complexity index is 445. The average molecular weight is 271 g/mol. The van der Waals surface area contributed by atoms with Crippen LogP contribution in [0.2, 0.25) is 0 Å². The first kappa shape index (κ1) is 14.1. The van der Waals surface area contributed by atoms with Gasteiger partial charge in [0.2, 0.25) is 0 Å². The van der Waals surface area contributed by atoms with E-state index in [4.69, 9.17) is 0 Å². The summed E-state index contributed by atoms with van der Waals surface area (Å²) in [5.41, 5.74) is 0.427. The van der Waals surface area contributed by atoms with E-state index >= 15 is 0 Å². The number of ketones is 1. The van der Waals surface area contributed by atoms with E-state index in [9.17, 15) is 18.0 Å². The van der Waals surface area contributed by atoms with Crippen LogP contribution in [0.4, 0.5) is 13.2 Å². The molecule has 0 spiro atoms. The van der Waals surface area contributed by atoms with E-state index in [0.29, 0.717) is 0 Å². The van der Waals surface area contributed by atoms with E-state index in [1.165, 1.54) is 12.1 Å². The second-order valence-corrected chi connectivity index (χ2v) is 4.69. The maximum absolute atomic E-state index is 12.9. The second kappa shape index (κ2) is 6.19. The van der Waals surface area contributed by atoms with Crippen LogP contribution in [0, 0.1) is 0 Å². The number of Topliss-reactive ketones (excluding diaryl/α,β-unsaturated/α-hetero) is 1. The number of nitrogens with one attached hydrogen (secondary N) is 1. The van der Waals surface area contributed by atoms with E-state index < -0.39 is 20.0 Å². The third-order valence-electron chi connectivity index (χ3n) is 3.52. The Morgan fingerprint density at radius 2 is 1.79 bits per heavy atom. The van der Waals surface area contributed by atoms with Crippen LogP contribution in [-0.2, 0) is 20.0 Å². The Hall–Kier alpha value is -1.36. The number of carbonyl (C=O) groups excluding carboxylic acids is 1. The fraction of sp³-hybridized carbons (Fsp3) is 0.500. The lowest BCUT2D eigenvalue weighted by molar-refractivity contribution is 0.0952. The minimum atomic E-state index is -0.922. The van der Waals surface area contributed by atoms with Crippen molar-refractivity contribution in [3.63, 3.8) is 0 Å². The Kier molecular flexibility index (Phi) is 4.58. The molecular weight excluding hydrogens is 255 g/mol. The van der Waals surface area contributed by atoms with Gasteiger partial charge in [-0.15, -0.1) is 0 Å². The maximum Gasteiger partial charge on any atom is 0.179 e. The normalized spacial score (nSPS) is 18.8. The third kappa shape index (κ3) is 2.81. The first-order chi connectivity index (χ1) is 9.21. The monoisotopic (exact) mass is 271 g/mol. The highest BCUT2D eigenvalue weighted by atomic mass is 19.1. The first-order valence-corrected chi connectivity index (χ1v) is 6.31. The summed E-state index contributed by atoms with van der Waals surface area (Å²) in [5, 5.41) is 3.05. The van der Waals surface area contributed by atoms with Crippen molar-refractivity contribution in [3.05, 3.63) is 34.4 Å². The lowest BCUT2D eigenvalue weighted by Gasteiger charge is -2.14. The van der Waals surface area contributed by atoms with Gasteiger partial charge < -0.3 is 5.32 Å². The van der Waals surface area contributed by atoms with Gasteiger partial charge in [0.1, 0.15) is 20.0 Å². The molecule has 0 aliphatic carbocycles. The molecule has 19 heavy (non-hydrogen) atoms. The number of carbonyl (C=O) groups is 1. The van der Waals surface area contributed by atoms with Gasteiger partial charge in [0.25, 0.3) is 0 Å². The second-order valence-electron chi connectivity index (χ2n) is 4.69. The summed E-state index contributed by atoms with van der Waals surface area (Å²) in [5.74, 6) is -0.174. The van der Waals surface area contributed by atoms with Gasteiger partial charge in [0, 0.05) is 5.56 Å². The molecule has 0 aromatic heterocycles. The van der Waals surface area contributed by atoms with Crippen LogP contribution >= 0.6 is 0 Å². The SMILES string of the molecule is O=C(c1cc(CF)c(CF)c(CF)c1)[C@H]1CCCN1. The minimum absolute atomic E-state index is 0.0286. The summed E-state index contributed by atoms with van der Waals surface area (Å²) in [6.07, 6.45) is 1.63. The van der Waals surface area contributed by atoms with Crippen LogP contribution in [0.5, 0.6) is 0 Å². The van der Waals surface area contributed by atoms with Crippen LogP contribution in [0.1, 0.15) is 39.9 Å². The zero-order valence-electron chi connectivity index (χ0n) is 10.5. The Labute approximate surface area is 110 Å². The van der Waals surface area contributed by atoms with E-state index in [2.05, 4.69) is 5.32 Å². The number of hydrogen-bond donors (Lipinski definition) is 1. The molecule has 104 valence electrons. The summed E-state index contributed by atoms with van der Waals surface area (Å²) < 4.78 is 38.6. The molecule has 0 bridgehead atoms. The highest BCUT2D eigenvalue weighted by Crippen LogP contribution is 2.23. The lowest BCUT2D eigenvalue weighted by Crippen LogP contribution is -2.31. The quantitative estimate of drug-likeness (QED) is 0.834. The maximum atomic E-state index is 12.9. The molecule has 1 aliphatic rings. The Morgan fingerprint density at radius 1 is 1.16 bits per heavy atom. The number of alkyl halides is 3. The van der Waals surface area contributed by atoms with Crippen molar-refractivity contribution in [1.82, 2.24) is 5.32 Å². The molecule has 2 nitrogen and oxygen atoms in total. The third-order valence-corrected chi connectivity index (χ3v) is 3.52. The van der Waals surface area contributed by atoms with Gasteiger partial charge in [-0.1, -0.05) is 0 Å². The molecule has 0 unspecified atom stereocenters. The highest BCUT2D eigenvalue weighted by Gasteiger charge is 2.24. The summed E-state index contributed by atoms with van der Waals surface area (Å²) >= 11 is 0. The predicted molar refractivity (Wildman–Crippen MR) is 66.2 cm³/mol. The fourth-order valence-electron chi connectivity index (χ4n) is 2.46. The van der Waals surface area contributed by atoms with Crippen LogP contribution in [-0.4, -0.2) is 18.4 Å². The summed E-state index contributed by atoms with van der Waals surface area (Å²) in [6.45, 7) is -1.95. The highest BCUT2D eigenvalue weighted by molar-refractivity contribution is 6.00. The zero-order valence-corrected chi connectivity index (χ0v) is 10.5. The minimum Gasteiger partial charge on any atom is -0.307 e. The molecule has 1 N–H and O–H groups in total. The summed E-state index contributed by atoms with van der Waals surface area (Å²) in [7, 11) is 0. The Balaban J connectivity index is 2.37. The topological polar surface area (TPSA) is 29.1 Å². The van der Waals surface area contributed by atoms with Crippen LogP contribution in [0.25, 0.3) is 0 Å². The molecule has 1 aromatic carbocycles. The van der Waals surface area contributed by atoms with Crippen molar-refractivity contribution in [2.45, 2.75) is 38.9 Å². The van der Waals surface area contributed by atoms with Gasteiger partial charge in [-0.25, -0.2) is 13.2 Å². The van der Waals surface area contributed by atoms with Gasteiger partial charge in [-0.3, -0.25) is 4.79 Å². The first-order valence-electron chi connectivity index (χ1n) is 6.31. The molecule has 2 rings (SSSR count). The van der Waals surface area contributed by atoms with Gasteiger partial charge >= 0.3 is 0 Å². The van der Waals surface area contributed by atoms with Crippen molar-refractivity contribution < 1.29 is 18.0 Å². The summed E-state index contributed by atoms with van der Waals surface area (Å²) in [4.78, 5) is 12.2. The molecule has 0 radical (unpaired) electrons. The Morgan fingerprint density at radius 3 is 2.21 bits per heavy atom. The van der Waals surface area contributed by atoms with E-state index in [0.717, 1.165) is 19.4 Å². The zero-order chi connectivity index (χ0) is 13.8. The lowest BCUT2D eigenvalue weighted by atomic mass is 9.94. The van der Waals surface area contributed by atoms with Gasteiger partial charge in [0.05, 0.1) is 6.04 Å². The molecule has 1 atom stereocenters. The molecule has 5 heteroatoms. The number of rotatable bonds is 5. The predicted octanol–water partition coefficient (Wildman–Crippen LogP) is 3.03. The molecule has 1 heterocycles. The summed E-state index contributed by atoms with van der Waals surface area (Å²) in [6, 6.07) is 2.39. The van der Waals surface area contributed by atoms with Crippen LogP contribution in [0.3, 0.4) is 0 Å². The van der Waals surface area contributed by atoms with Gasteiger partial charge in [0.15, 0.2) is 5.78 Å². The van der Waals surface area contributed by atoms with Gasteiger partial charge in [-0.05, 0) is 48.2 Å². The van der Waals surface area contributed by atoms with Crippen molar-refractivity contribution in [2.75, 3.05) is 6.54 Å². The van der Waals surface area contributed by atoms with E-state index in [-0.39, 0.29) is 34.1 Å². The fourth-order valence-corrected chi connectivity index (χ4v) is 2.46. The standard InChI is InChI=1S/C14H16F3NO/c15-6-10-4-9(5-11(7-16)12(10)8-17)14(19)13-2-1-3-18-13/h4-5,13,18H,1-3,6-8H2/t13-/m1/s1. The molecule has 1 aliphatic heterocycles. The number of benzene rings is 1.